The summed E-state index contributed by atoms with van der Waals surface area (Å²) < 4.78 is 0. The first-order valence-corrected chi connectivity index (χ1v) is 28.3. The smallest absolute Gasteiger partial charge is 0.231 e. The molecular formula is C58H104N2O2. The van der Waals surface area contributed by atoms with Crippen LogP contribution in [-0.4, -0.2) is 24.9 Å². The Morgan fingerprint density at radius 1 is 0.339 bits per heavy atom. The highest BCUT2D eigenvalue weighted by molar-refractivity contribution is 6.06. The Kier molecular flexibility index (Phi) is 32.0. The van der Waals surface area contributed by atoms with Crippen LogP contribution in [0.15, 0.2) is 12.1 Å². The van der Waals surface area contributed by atoms with Gasteiger partial charge in [-0.3, -0.25) is 9.59 Å². The van der Waals surface area contributed by atoms with Crippen molar-refractivity contribution in [2.45, 2.75) is 297 Å². The van der Waals surface area contributed by atoms with Gasteiger partial charge in [-0.05, 0) is 60.8 Å². The number of benzene rings is 1. The quantitative estimate of drug-likeness (QED) is 0.0613. The van der Waals surface area contributed by atoms with Crippen molar-refractivity contribution in [3.05, 3.63) is 23.3 Å². The second kappa shape index (κ2) is 36.4. The van der Waals surface area contributed by atoms with Gasteiger partial charge in [-0.1, -0.05) is 259 Å². The normalized spacial score (nSPS) is 14.6. The number of hydrogen-bond donors (Lipinski definition) is 0. The Balaban J connectivity index is 1.59. The van der Waals surface area contributed by atoms with E-state index in [0.717, 1.165) is 35.6 Å². The molecule has 0 aliphatic carbocycles. The van der Waals surface area contributed by atoms with Crippen molar-refractivity contribution >= 4 is 23.2 Å². The lowest BCUT2D eigenvalue weighted by atomic mass is 9.93. The number of carbonyl (C=O) groups is 2. The number of hydrogen-bond acceptors (Lipinski definition) is 2. The molecule has 0 saturated carbocycles. The van der Waals surface area contributed by atoms with Crippen molar-refractivity contribution < 1.29 is 9.59 Å². The average Bonchev–Trinajstić information content (AvgIpc) is 3.74. The van der Waals surface area contributed by atoms with Gasteiger partial charge < -0.3 is 9.80 Å². The maximum atomic E-state index is 13.8. The van der Waals surface area contributed by atoms with E-state index in [1.807, 2.05) is 0 Å². The highest BCUT2D eigenvalue weighted by atomic mass is 16.2. The maximum Gasteiger partial charge on any atom is 0.231 e. The SMILES string of the molecule is CCCCCCCCCCCCC(CCCCCCCCCC)CN1C(=O)Cc2cc3c(cc21)CC(=O)N3CC(CCCCCCCCCC)CCCCCCCCCCCC. The van der Waals surface area contributed by atoms with Crippen molar-refractivity contribution in [1.82, 2.24) is 0 Å². The fourth-order valence-corrected chi connectivity index (χ4v) is 10.8. The fraction of sp³-hybridized carbons (Fsp3) is 0.862. The Labute approximate surface area is 386 Å². The highest BCUT2D eigenvalue weighted by Crippen LogP contribution is 2.40. The Hall–Kier alpha value is -1.84. The second-order valence-electron chi connectivity index (χ2n) is 20.7. The molecule has 2 heterocycles. The van der Waals surface area contributed by atoms with Crippen LogP contribution in [0.2, 0.25) is 0 Å². The third kappa shape index (κ3) is 23.4. The summed E-state index contributed by atoms with van der Waals surface area (Å²) in [7, 11) is 0. The van der Waals surface area contributed by atoms with Crippen LogP contribution in [0.1, 0.15) is 296 Å². The summed E-state index contributed by atoms with van der Waals surface area (Å²) in [4.78, 5) is 32.0. The van der Waals surface area contributed by atoms with Crippen LogP contribution in [0.4, 0.5) is 11.4 Å². The van der Waals surface area contributed by atoms with E-state index in [0.29, 0.717) is 24.7 Å². The molecular weight excluding hydrogens is 757 g/mol. The van der Waals surface area contributed by atoms with E-state index in [-0.39, 0.29) is 11.8 Å². The summed E-state index contributed by atoms with van der Waals surface area (Å²) in [6, 6.07) is 4.55. The predicted molar refractivity (Wildman–Crippen MR) is 273 cm³/mol. The number of unbranched alkanes of at least 4 members (excludes halogenated alkanes) is 32. The monoisotopic (exact) mass is 861 g/mol. The van der Waals surface area contributed by atoms with Gasteiger partial charge in [0.2, 0.25) is 11.8 Å². The van der Waals surface area contributed by atoms with Crippen LogP contribution >= 0.6 is 0 Å². The molecule has 0 N–H and O–H groups in total. The predicted octanol–water partition coefficient (Wildman–Crippen LogP) is 18.4. The van der Waals surface area contributed by atoms with Gasteiger partial charge in [0.15, 0.2) is 0 Å². The number of amides is 2. The summed E-state index contributed by atoms with van der Waals surface area (Å²) in [5.74, 6) is 1.68. The topological polar surface area (TPSA) is 40.6 Å². The van der Waals surface area contributed by atoms with Crippen LogP contribution in [0, 0.1) is 11.8 Å². The van der Waals surface area contributed by atoms with Crippen LogP contribution in [-0.2, 0) is 22.4 Å². The van der Waals surface area contributed by atoms with Crippen molar-refractivity contribution in [3.8, 4) is 0 Å². The van der Waals surface area contributed by atoms with E-state index in [9.17, 15) is 9.59 Å². The molecule has 0 bridgehead atoms. The summed E-state index contributed by atoms with van der Waals surface area (Å²) in [5.41, 5.74) is 4.56. The number of fused-ring (bicyclic) bond motifs is 2. The summed E-state index contributed by atoms with van der Waals surface area (Å²) >= 11 is 0. The number of nitrogens with zero attached hydrogens (tertiary/aromatic N) is 2. The number of rotatable bonds is 44. The molecule has 358 valence electrons. The first-order valence-electron chi connectivity index (χ1n) is 28.3. The van der Waals surface area contributed by atoms with Gasteiger partial charge in [0.25, 0.3) is 0 Å². The van der Waals surface area contributed by atoms with Crippen LogP contribution < -0.4 is 9.80 Å². The lowest BCUT2D eigenvalue weighted by Crippen LogP contribution is -2.32. The van der Waals surface area contributed by atoms with Crippen molar-refractivity contribution in [1.29, 1.82) is 0 Å². The Morgan fingerprint density at radius 3 is 0.774 bits per heavy atom. The summed E-state index contributed by atoms with van der Waals surface area (Å²) in [6.07, 6.45) is 55.0. The summed E-state index contributed by atoms with van der Waals surface area (Å²) in [5, 5.41) is 0. The standard InChI is InChI=1S/C58H104N2O2/c1-5-9-13-17-21-25-27-31-35-39-43-51(41-37-33-29-23-19-15-11-7-3)49-59-55-45-54-48-58(62)60(56(54)46-53(55)47-57(59)61)50-52(42-38-34-30-24-20-16-12-8-4)44-40-36-32-28-26-22-18-14-10-6-2/h45-46,51-52H,5-44,47-50H2,1-4H3. The molecule has 4 nitrogen and oxygen atoms in total. The van der Waals surface area contributed by atoms with Gasteiger partial charge >= 0.3 is 0 Å². The van der Waals surface area contributed by atoms with Gasteiger partial charge in [0, 0.05) is 24.5 Å². The molecule has 2 amide bonds. The molecule has 2 aliphatic rings. The average molecular weight is 861 g/mol. The third-order valence-electron chi connectivity index (χ3n) is 14.9. The van der Waals surface area contributed by atoms with Crippen LogP contribution in [0.3, 0.4) is 0 Å². The minimum Gasteiger partial charge on any atom is -0.312 e. The van der Waals surface area contributed by atoms with E-state index >= 15 is 0 Å². The largest absolute Gasteiger partial charge is 0.312 e. The molecule has 0 radical (unpaired) electrons. The van der Waals surface area contributed by atoms with Gasteiger partial charge in [-0.25, -0.2) is 0 Å². The van der Waals surface area contributed by atoms with E-state index in [1.54, 1.807) is 0 Å². The van der Waals surface area contributed by atoms with Crippen molar-refractivity contribution in [2.75, 3.05) is 22.9 Å². The van der Waals surface area contributed by atoms with Crippen molar-refractivity contribution in [2.24, 2.45) is 11.8 Å². The molecule has 0 saturated heterocycles. The molecule has 62 heavy (non-hydrogen) atoms. The maximum absolute atomic E-state index is 13.8. The Morgan fingerprint density at radius 2 is 0.548 bits per heavy atom. The molecule has 2 atom stereocenters. The number of carbonyl (C=O) groups excluding carboxylic acids is 2. The first kappa shape index (κ1) is 54.5. The van der Waals surface area contributed by atoms with Gasteiger partial charge in [-0.15, -0.1) is 0 Å². The van der Waals surface area contributed by atoms with Crippen LogP contribution in [0.5, 0.6) is 0 Å². The van der Waals surface area contributed by atoms with E-state index < -0.39 is 0 Å². The second-order valence-corrected chi connectivity index (χ2v) is 20.7. The fourth-order valence-electron chi connectivity index (χ4n) is 10.8. The third-order valence-corrected chi connectivity index (χ3v) is 14.9. The minimum atomic E-state index is 0.277. The van der Waals surface area contributed by atoms with Gasteiger partial charge in [0.05, 0.1) is 12.8 Å². The molecule has 4 heteroatoms. The lowest BCUT2D eigenvalue weighted by Gasteiger charge is -2.27. The zero-order valence-electron chi connectivity index (χ0n) is 42.1. The van der Waals surface area contributed by atoms with E-state index in [1.165, 1.54) is 257 Å². The molecule has 0 aromatic heterocycles. The van der Waals surface area contributed by atoms with Crippen molar-refractivity contribution in [3.63, 3.8) is 0 Å². The number of anilines is 2. The van der Waals surface area contributed by atoms with E-state index in [2.05, 4.69) is 49.6 Å². The zero-order valence-corrected chi connectivity index (χ0v) is 42.1. The molecule has 2 aliphatic heterocycles. The molecule has 0 fully saturated rings. The molecule has 2 unspecified atom stereocenters. The minimum absolute atomic E-state index is 0.277. The molecule has 1 aromatic rings. The van der Waals surface area contributed by atoms with Gasteiger partial charge in [0.1, 0.15) is 0 Å². The van der Waals surface area contributed by atoms with E-state index in [4.69, 9.17) is 0 Å². The zero-order chi connectivity index (χ0) is 44.3. The Bertz CT molecular complexity index is 1160. The molecule has 3 rings (SSSR count). The lowest BCUT2D eigenvalue weighted by molar-refractivity contribution is -0.118. The molecule has 1 aromatic carbocycles. The van der Waals surface area contributed by atoms with Gasteiger partial charge in [-0.2, -0.15) is 0 Å². The molecule has 0 spiro atoms. The first-order chi connectivity index (χ1) is 30.5. The van der Waals surface area contributed by atoms with Crippen LogP contribution in [0.25, 0.3) is 0 Å². The highest BCUT2D eigenvalue weighted by Gasteiger charge is 2.35. The summed E-state index contributed by atoms with van der Waals surface area (Å²) in [6.45, 7) is 10.9.